The normalized spacial score (nSPS) is 19.1. The second kappa shape index (κ2) is 7.90. The van der Waals surface area contributed by atoms with Gasteiger partial charge in [0.05, 0.1) is 10.7 Å². The molecule has 2 aliphatic heterocycles. The van der Waals surface area contributed by atoms with Gasteiger partial charge in [0.1, 0.15) is 12.0 Å². The molecule has 0 radical (unpaired) electrons. The third kappa shape index (κ3) is 3.97. The van der Waals surface area contributed by atoms with Crippen molar-refractivity contribution in [1.82, 2.24) is 16.0 Å². The van der Waals surface area contributed by atoms with Gasteiger partial charge in [-0.1, -0.05) is 6.07 Å². The zero-order valence-electron chi connectivity index (χ0n) is 14.0. The molecule has 0 fully saturated rings. The molecule has 0 bridgehead atoms. The van der Waals surface area contributed by atoms with Crippen LogP contribution < -0.4 is 26.6 Å². The molecule has 25 heavy (non-hydrogen) atoms. The van der Waals surface area contributed by atoms with Gasteiger partial charge in [-0.2, -0.15) is 0 Å². The average molecular weight is 363 g/mol. The van der Waals surface area contributed by atoms with E-state index < -0.39 is 0 Å². The van der Waals surface area contributed by atoms with Crippen LogP contribution in [0.15, 0.2) is 41.1 Å². The fourth-order valence-corrected chi connectivity index (χ4v) is 3.21. The summed E-state index contributed by atoms with van der Waals surface area (Å²) >= 11 is 1.58. The van der Waals surface area contributed by atoms with Gasteiger partial charge in [-0.3, -0.25) is 4.90 Å². The molecular weight excluding hydrogens is 341 g/mol. The minimum atomic E-state index is -0.337. The molecule has 8 heteroatoms. The first-order valence-electron chi connectivity index (χ1n) is 8.15. The lowest BCUT2D eigenvalue weighted by atomic mass is 10.1. The fourth-order valence-electron chi connectivity index (χ4n) is 2.72. The molecule has 134 valence electrons. The highest BCUT2D eigenvalue weighted by Crippen LogP contribution is 2.28. The predicted octanol–water partition coefficient (Wildman–Crippen LogP) is 1.81. The number of halogens is 1. The van der Waals surface area contributed by atoms with Gasteiger partial charge in [-0.25, -0.2) is 9.18 Å². The Hall–Kier alpha value is -2.03. The number of nitrogens with one attached hydrogen (secondary N) is 3. The highest BCUT2D eigenvalue weighted by molar-refractivity contribution is 8.02. The summed E-state index contributed by atoms with van der Waals surface area (Å²) < 4.78 is 14.4. The maximum Gasteiger partial charge on any atom is 0.327 e. The predicted molar refractivity (Wildman–Crippen MR) is 99.4 cm³/mol. The zero-order chi connectivity index (χ0) is 17.8. The standard InChI is InChI=1S/C17H22FN5OS/c1-25-15-7-12-10-23(17(24)22-16(12)21-15)13-4-3-11(14(18)8-13)9-20-6-2-5-19/h3-4,7-8,10,16,20-21H,2,5-6,9,19H2,1H3,(H,22,24). The number of fused-ring (bicyclic) bond motifs is 1. The number of benzene rings is 1. The first kappa shape index (κ1) is 17.8. The van der Waals surface area contributed by atoms with Crippen molar-refractivity contribution in [1.29, 1.82) is 0 Å². The van der Waals surface area contributed by atoms with E-state index in [1.165, 1.54) is 11.0 Å². The van der Waals surface area contributed by atoms with E-state index in [1.807, 2.05) is 12.3 Å². The monoisotopic (exact) mass is 363 g/mol. The molecule has 6 nitrogen and oxygen atoms in total. The van der Waals surface area contributed by atoms with Crippen LogP contribution in [0.4, 0.5) is 14.9 Å². The van der Waals surface area contributed by atoms with Crippen molar-refractivity contribution in [3.63, 3.8) is 0 Å². The first-order valence-corrected chi connectivity index (χ1v) is 9.37. The molecule has 1 aromatic rings. The van der Waals surface area contributed by atoms with Crippen LogP contribution >= 0.6 is 11.8 Å². The Bertz CT molecular complexity index is 721. The van der Waals surface area contributed by atoms with E-state index in [-0.39, 0.29) is 18.0 Å². The number of nitrogens with two attached hydrogens (primary N) is 1. The van der Waals surface area contributed by atoms with Crippen LogP contribution in [-0.2, 0) is 6.54 Å². The van der Waals surface area contributed by atoms with Crippen molar-refractivity contribution in [3.05, 3.63) is 52.5 Å². The molecule has 0 saturated carbocycles. The summed E-state index contributed by atoms with van der Waals surface area (Å²) in [6.45, 7) is 1.79. The van der Waals surface area contributed by atoms with Gasteiger partial charge in [0.15, 0.2) is 0 Å². The Morgan fingerprint density at radius 2 is 2.24 bits per heavy atom. The van der Waals surface area contributed by atoms with Crippen LogP contribution in [0, 0.1) is 5.82 Å². The molecule has 5 N–H and O–H groups in total. The zero-order valence-corrected chi connectivity index (χ0v) is 14.8. The van der Waals surface area contributed by atoms with E-state index >= 15 is 0 Å². The van der Waals surface area contributed by atoms with Crippen molar-refractivity contribution in [2.75, 3.05) is 24.2 Å². The summed E-state index contributed by atoms with van der Waals surface area (Å²) in [7, 11) is 0. The summed E-state index contributed by atoms with van der Waals surface area (Å²) in [6.07, 6.45) is 6.32. The van der Waals surface area contributed by atoms with Crippen molar-refractivity contribution >= 4 is 23.5 Å². The van der Waals surface area contributed by atoms with E-state index in [4.69, 9.17) is 5.73 Å². The minimum Gasteiger partial charge on any atom is -0.356 e. The topological polar surface area (TPSA) is 82.4 Å². The van der Waals surface area contributed by atoms with Crippen molar-refractivity contribution in [2.24, 2.45) is 5.73 Å². The Balaban J connectivity index is 1.75. The number of anilines is 1. The SMILES string of the molecule is CSC1=CC2=CN(c3ccc(CNCCCN)c(F)c3)C(=O)NC2N1. The molecule has 2 amide bonds. The molecule has 0 aliphatic carbocycles. The van der Waals surface area contributed by atoms with Crippen molar-refractivity contribution < 1.29 is 9.18 Å². The number of nitrogens with zero attached hydrogens (tertiary/aromatic N) is 1. The maximum absolute atomic E-state index is 14.4. The molecule has 1 unspecified atom stereocenters. The van der Waals surface area contributed by atoms with Gasteiger partial charge < -0.3 is 21.7 Å². The van der Waals surface area contributed by atoms with Gasteiger partial charge in [0.25, 0.3) is 0 Å². The number of thioether (sulfide) groups is 1. The fraction of sp³-hybridized carbons (Fsp3) is 0.353. The van der Waals surface area contributed by atoms with E-state index in [0.29, 0.717) is 24.3 Å². The number of urea groups is 1. The third-order valence-corrected chi connectivity index (χ3v) is 4.77. The van der Waals surface area contributed by atoms with Crippen LogP contribution in [0.3, 0.4) is 0 Å². The minimum absolute atomic E-state index is 0.220. The average Bonchev–Trinajstić information content (AvgIpc) is 3.01. The molecular formula is C17H22FN5OS. The number of carbonyl (C=O) groups is 1. The van der Waals surface area contributed by atoms with Gasteiger partial charge in [-0.05, 0) is 44.0 Å². The molecule has 2 aliphatic rings. The summed E-state index contributed by atoms with van der Waals surface area (Å²) in [5.41, 5.74) is 7.44. The Kier molecular flexibility index (Phi) is 5.62. The van der Waals surface area contributed by atoms with Crippen LogP contribution in [0.5, 0.6) is 0 Å². The van der Waals surface area contributed by atoms with Gasteiger partial charge in [0, 0.05) is 23.9 Å². The summed E-state index contributed by atoms with van der Waals surface area (Å²) in [5.74, 6) is -0.337. The summed E-state index contributed by atoms with van der Waals surface area (Å²) in [5, 5.41) is 10.2. The number of carbonyl (C=O) groups excluding carboxylic acids is 1. The molecule has 1 atom stereocenters. The molecule has 0 saturated heterocycles. The second-order valence-electron chi connectivity index (χ2n) is 5.83. The Morgan fingerprint density at radius 3 is 2.96 bits per heavy atom. The number of rotatable bonds is 7. The highest BCUT2D eigenvalue weighted by atomic mass is 32.2. The van der Waals surface area contributed by atoms with Gasteiger partial charge in [-0.15, -0.1) is 11.8 Å². The van der Waals surface area contributed by atoms with E-state index in [9.17, 15) is 9.18 Å². The smallest absolute Gasteiger partial charge is 0.327 e. The lowest BCUT2D eigenvalue weighted by molar-refractivity contribution is 0.244. The molecule has 1 aromatic carbocycles. The third-order valence-electron chi connectivity index (χ3n) is 4.09. The number of hydrogen-bond acceptors (Lipinski definition) is 5. The molecule has 3 rings (SSSR count). The molecule has 0 spiro atoms. The molecule has 2 heterocycles. The van der Waals surface area contributed by atoms with Gasteiger partial charge in [0.2, 0.25) is 0 Å². The Morgan fingerprint density at radius 1 is 1.40 bits per heavy atom. The van der Waals surface area contributed by atoms with Crippen molar-refractivity contribution in [3.8, 4) is 0 Å². The molecule has 0 aromatic heterocycles. The highest BCUT2D eigenvalue weighted by Gasteiger charge is 2.30. The summed E-state index contributed by atoms with van der Waals surface area (Å²) in [4.78, 5) is 13.8. The van der Waals surface area contributed by atoms with Gasteiger partial charge >= 0.3 is 6.03 Å². The second-order valence-corrected chi connectivity index (χ2v) is 6.68. The van der Waals surface area contributed by atoms with E-state index in [2.05, 4.69) is 16.0 Å². The van der Waals surface area contributed by atoms with E-state index in [1.54, 1.807) is 30.1 Å². The lowest BCUT2D eigenvalue weighted by Crippen LogP contribution is -2.51. The van der Waals surface area contributed by atoms with Crippen molar-refractivity contribution in [2.45, 2.75) is 19.1 Å². The Labute approximate surface area is 150 Å². The van der Waals surface area contributed by atoms with Crippen LogP contribution in [-0.4, -0.2) is 31.5 Å². The first-order chi connectivity index (χ1) is 12.1. The van der Waals surface area contributed by atoms with Crippen LogP contribution in [0.2, 0.25) is 0 Å². The number of amides is 2. The summed E-state index contributed by atoms with van der Waals surface area (Å²) in [6, 6.07) is 4.55. The largest absolute Gasteiger partial charge is 0.356 e. The van der Waals surface area contributed by atoms with E-state index in [0.717, 1.165) is 23.6 Å². The van der Waals surface area contributed by atoms with Crippen LogP contribution in [0.1, 0.15) is 12.0 Å². The van der Waals surface area contributed by atoms with Crippen LogP contribution in [0.25, 0.3) is 0 Å². The lowest BCUT2D eigenvalue weighted by Gasteiger charge is -2.29. The maximum atomic E-state index is 14.4. The number of hydrogen-bond donors (Lipinski definition) is 4. The quantitative estimate of drug-likeness (QED) is 0.556.